The molecule has 0 unspecified atom stereocenters. The lowest BCUT2D eigenvalue weighted by Gasteiger charge is -2.08. The fraction of sp³-hybridized carbons (Fsp3) is 0.125. The zero-order valence-corrected chi connectivity index (χ0v) is 9.19. The number of anilines is 1. The summed E-state index contributed by atoms with van der Waals surface area (Å²) in [6.07, 6.45) is 0.996. The number of nitrogens with zero attached hydrogens (tertiary/aromatic N) is 3. The van der Waals surface area contributed by atoms with E-state index in [1.165, 1.54) is 6.92 Å². The third-order valence-electron chi connectivity index (χ3n) is 2.14. The summed E-state index contributed by atoms with van der Waals surface area (Å²) < 4.78 is 0. The molecule has 10 heteroatoms. The highest BCUT2D eigenvalue weighted by Crippen LogP contribution is 2.34. The van der Waals surface area contributed by atoms with Crippen LogP contribution in [-0.2, 0) is 0 Å². The van der Waals surface area contributed by atoms with Crippen LogP contribution < -0.4 is 16.4 Å². The van der Waals surface area contributed by atoms with Gasteiger partial charge in [0.15, 0.2) is 0 Å². The quantitative estimate of drug-likeness (QED) is 0.258. The minimum Gasteiger partial charge on any atom is -0.398 e. The van der Waals surface area contributed by atoms with Crippen LogP contribution in [0.5, 0.6) is 5.75 Å². The van der Waals surface area contributed by atoms with Crippen LogP contribution in [0.4, 0.5) is 11.4 Å². The monoisotopic (exact) mass is 255 g/mol. The van der Waals surface area contributed by atoms with Gasteiger partial charge in [0.1, 0.15) is 5.75 Å². The van der Waals surface area contributed by atoms with E-state index in [0.29, 0.717) is 0 Å². The van der Waals surface area contributed by atoms with E-state index in [-0.39, 0.29) is 22.6 Å². The third-order valence-corrected chi connectivity index (χ3v) is 2.14. The molecule has 10 nitrogen and oxygen atoms in total. The molecule has 18 heavy (non-hydrogen) atoms. The van der Waals surface area contributed by atoms with Crippen LogP contribution in [0.1, 0.15) is 11.1 Å². The normalized spacial score (nSPS) is 10.5. The Morgan fingerprint density at radius 2 is 2.06 bits per heavy atom. The summed E-state index contributed by atoms with van der Waals surface area (Å²) >= 11 is 0. The molecule has 0 amide bonds. The molecule has 4 N–H and O–H groups in total. The van der Waals surface area contributed by atoms with Crippen LogP contribution in [0.2, 0.25) is 0 Å². The predicted octanol–water partition coefficient (Wildman–Crippen LogP) is 0.349. The van der Waals surface area contributed by atoms with Gasteiger partial charge in [-0.2, -0.15) is 5.10 Å². The second kappa shape index (κ2) is 4.95. The van der Waals surface area contributed by atoms with Crippen molar-refractivity contribution >= 4 is 17.6 Å². The van der Waals surface area contributed by atoms with Gasteiger partial charge < -0.3 is 11.6 Å². The molecular formula is C8H9N5O5. The van der Waals surface area contributed by atoms with Crippen LogP contribution in [0.3, 0.4) is 0 Å². The molecule has 96 valence electrons. The van der Waals surface area contributed by atoms with Crippen molar-refractivity contribution in [3.63, 3.8) is 0 Å². The Bertz CT molecular complexity index is 541. The van der Waals surface area contributed by atoms with E-state index < -0.39 is 15.7 Å². The van der Waals surface area contributed by atoms with Gasteiger partial charge in [0, 0.05) is 5.69 Å². The van der Waals surface area contributed by atoms with Gasteiger partial charge in [0.05, 0.1) is 22.3 Å². The van der Waals surface area contributed by atoms with Gasteiger partial charge in [0.25, 0.3) is 10.8 Å². The molecule has 0 radical (unpaired) electrons. The minimum absolute atomic E-state index is 0.0318. The Hall–Kier alpha value is -2.91. The van der Waals surface area contributed by atoms with Gasteiger partial charge >= 0.3 is 0 Å². The molecule has 0 aliphatic heterocycles. The maximum absolute atomic E-state index is 10.9. The van der Waals surface area contributed by atoms with E-state index >= 15 is 0 Å². The number of nitrogens with two attached hydrogens (primary N) is 2. The van der Waals surface area contributed by atoms with Crippen LogP contribution in [0.15, 0.2) is 11.2 Å². The Morgan fingerprint density at radius 1 is 1.44 bits per heavy atom. The highest BCUT2D eigenvalue weighted by atomic mass is 17.0. The second-order valence-electron chi connectivity index (χ2n) is 3.20. The maximum Gasteiger partial charge on any atom is 0.299 e. The molecule has 0 spiro atoms. The molecule has 0 fully saturated rings. The van der Waals surface area contributed by atoms with Crippen LogP contribution >= 0.6 is 0 Å². The average Bonchev–Trinajstić information content (AvgIpc) is 2.24. The smallest absolute Gasteiger partial charge is 0.299 e. The zero-order chi connectivity index (χ0) is 13.9. The van der Waals surface area contributed by atoms with Gasteiger partial charge in [-0.3, -0.25) is 15.0 Å². The van der Waals surface area contributed by atoms with Gasteiger partial charge in [-0.15, -0.1) is 10.1 Å². The lowest BCUT2D eigenvalue weighted by atomic mass is 10.1. The highest BCUT2D eigenvalue weighted by Gasteiger charge is 2.23. The number of hydrogen-bond donors (Lipinski definition) is 2. The molecular weight excluding hydrogens is 246 g/mol. The lowest BCUT2D eigenvalue weighted by Crippen LogP contribution is -2.09. The highest BCUT2D eigenvalue weighted by molar-refractivity contribution is 5.93. The van der Waals surface area contributed by atoms with Crippen molar-refractivity contribution in [2.45, 2.75) is 6.92 Å². The topological polar surface area (TPSA) is 160 Å². The van der Waals surface area contributed by atoms with E-state index in [1.807, 2.05) is 0 Å². The minimum atomic E-state index is -1.08. The Morgan fingerprint density at radius 3 is 2.50 bits per heavy atom. The van der Waals surface area contributed by atoms with Crippen molar-refractivity contribution in [2.75, 3.05) is 5.73 Å². The molecule has 1 rings (SSSR count). The zero-order valence-electron chi connectivity index (χ0n) is 9.19. The largest absolute Gasteiger partial charge is 0.398 e. The molecule has 0 heterocycles. The van der Waals surface area contributed by atoms with Gasteiger partial charge in [-0.1, -0.05) is 0 Å². The molecule has 0 saturated carbocycles. The second-order valence-corrected chi connectivity index (χ2v) is 3.20. The summed E-state index contributed by atoms with van der Waals surface area (Å²) in [6, 6.07) is 1.10. The van der Waals surface area contributed by atoms with Crippen LogP contribution in [-0.4, -0.2) is 16.2 Å². The Balaban J connectivity index is 3.55. The lowest BCUT2D eigenvalue weighted by molar-refractivity contribution is -0.711. The van der Waals surface area contributed by atoms with E-state index in [4.69, 9.17) is 11.6 Å². The van der Waals surface area contributed by atoms with Crippen molar-refractivity contribution in [1.29, 1.82) is 0 Å². The van der Waals surface area contributed by atoms with E-state index in [2.05, 4.69) is 9.94 Å². The molecule has 0 bridgehead atoms. The summed E-state index contributed by atoms with van der Waals surface area (Å²) in [7, 11) is 0. The number of nitrogen functional groups attached to an aromatic ring is 1. The number of nitro benzene ring substituents is 1. The number of hydrogen-bond acceptors (Lipinski definition) is 8. The molecule has 0 aromatic heterocycles. The van der Waals surface area contributed by atoms with Crippen LogP contribution in [0, 0.1) is 27.2 Å². The molecule has 0 aliphatic carbocycles. The SMILES string of the molecule is Cc1c(O[N+](=O)[O-])cc(N)c(/C=N/N)c1[N+](=O)[O-]. The van der Waals surface area contributed by atoms with Gasteiger partial charge in [-0.25, -0.2) is 0 Å². The van der Waals surface area contributed by atoms with Crippen molar-refractivity contribution in [3.8, 4) is 5.75 Å². The van der Waals surface area contributed by atoms with Crippen molar-refractivity contribution < 1.29 is 14.8 Å². The van der Waals surface area contributed by atoms with Crippen molar-refractivity contribution in [2.24, 2.45) is 10.9 Å². The standard InChI is InChI=1S/C8H9N5O5/c1-4-7(18-13(16)17)2-6(9)5(3-11-10)8(4)12(14)15/h2-3H,9-10H2,1H3/b11-3+. The number of benzene rings is 1. The molecule has 1 aromatic carbocycles. The summed E-state index contributed by atoms with van der Waals surface area (Å²) in [5, 5.41) is 23.3. The number of nitro groups is 1. The summed E-state index contributed by atoms with van der Waals surface area (Å²) in [5.41, 5.74) is 4.92. The fourth-order valence-electron chi connectivity index (χ4n) is 1.40. The first-order valence-corrected chi connectivity index (χ1v) is 4.51. The number of hydrazone groups is 1. The summed E-state index contributed by atoms with van der Waals surface area (Å²) in [4.78, 5) is 24.7. The van der Waals surface area contributed by atoms with Crippen molar-refractivity contribution in [3.05, 3.63) is 37.4 Å². The Labute approximate surface area is 100 Å². The fourth-order valence-corrected chi connectivity index (χ4v) is 1.40. The van der Waals surface area contributed by atoms with Gasteiger partial charge in [-0.05, 0) is 13.0 Å². The van der Waals surface area contributed by atoms with Crippen LogP contribution in [0.25, 0.3) is 0 Å². The third kappa shape index (κ3) is 2.42. The molecule has 0 saturated heterocycles. The average molecular weight is 255 g/mol. The first-order valence-electron chi connectivity index (χ1n) is 4.51. The predicted molar refractivity (Wildman–Crippen MR) is 61.6 cm³/mol. The Kier molecular flexibility index (Phi) is 3.62. The first-order chi connectivity index (χ1) is 8.38. The van der Waals surface area contributed by atoms with Gasteiger partial charge in [0.2, 0.25) is 0 Å². The maximum atomic E-state index is 10.9. The molecule has 0 aliphatic rings. The van der Waals surface area contributed by atoms with E-state index in [0.717, 1.165) is 12.3 Å². The van der Waals surface area contributed by atoms with Crippen molar-refractivity contribution in [1.82, 2.24) is 0 Å². The molecule has 0 atom stereocenters. The summed E-state index contributed by atoms with van der Waals surface area (Å²) in [5.74, 6) is 4.61. The number of rotatable bonds is 4. The van der Waals surface area contributed by atoms with E-state index in [1.54, 1.807) is 0 Å². The van der Waals surface area contributed by atoms with E-state index in [9.17, 15) is 20.2 Å². The molecule has 1 aromatic rings. The first kappa shape index (κ1) is 13.2. The summed E-state index contributed by atoms with van der Waals surface area (Å²) in [6.45, 7) is 1.30.